The lowest BCUT2D eigenvalue weighted by Crippen LogP contribution is -2.31. The zero-order valence-corrected chi connectivity index (χ0v) is 18.6. The van der Waals surface area contributed by atoms with E-state index in [0.29, 0.717) is 6.04 Å². The van der Waals surface area contributed by atoms with Crippen molar-refractivity contribution in [1.82, 2.24) is 14.9 Å². The Balaban J connectivity index is 1.34. The van der Waals surface area contributed by atoms with Crippen LogP contribution in [0.3, 0.4) is 0 Å². The minimum absolute atomic E-state index is 0.472. The maximum Gasteiger partial charge on any atom is 0.267 e. The number of carbonyl (C=O) groups is 1. The number of para-hydroxylation sites is 1. The molecular formula is C27H31N3O2. The second-order valence-electron chi connectivity index (χ2n) is 9.29. The number of amides is 1. The monoisotopic (exact) mass is 429 g/mol. The predicted octanol–water partition coefficient (Wildman–Crippen LogP) is 4.64. The Morgan fingerprint density at radius 3 is 2.88 bits per heavy atom. The van der Waals surface area contributed by atoms with E-state index in [-0.39, 0.29) is 0 Å². The zero-order chi connectivity index (χ0) is 22.1. The lowest BCUT2D eigenvalue weighted by Gasteiger charge is -2.30. The van der Waals surface area contributed by atoms with Gasteiger partial charge in [0, 0.05) is 49.4 Å². The molecule has 5 heteroatoms. The summed E-state index contributed by atoms with van der Waals surface area (Å²) in [6.45, 7) is 2.26. The van der Waals surface area contributed by atoms with Gasteiger partial charge in [0.2, 0.25) is 0 Å². The van der Waals surface area contributed by atoms with Crippen molar-refractivity contribution in [3.8, 4) is 0 Å². The van der Waals surface area contributed by atoms with Crippen molar-refractivity contribution in [3.63, 3.8) is 0 Å². The number of hydrogen-bond acceptors (Lipinski definition) is 3. The summed E-state index contributed by atoms with van der Waals surface area (Å²) in [4.78, 5) is 14.0. The van der Waals surface area contributed by atoms with E-state index < -0.39 is 5.91 Å². The molecular weight excluding hydrogens is 398 g/mol. The summed E-state index contributed by atoms with van der Waals surface area (Å²) in [7, 11) is 2.14. The van der Waals surface area contributed by atoms with E-state index in [1.54, 1.807) is 11.6 Å². The zero-order valence-electron chi connectivity index (χ0n) is 18.6. The smallest absolute Gasteiger partial charge is 0.267 e. The first-order chi connectivity index (χ1) is 15.6. The molecule has 0 spiro atoms. The fourth-order valence-corrected chi connectivity index (χ4v) is 5.20. The fraction of sp³-hybridized carbons (Fsp3) is 0.370. The maximum absolute atomic E-state index is 11.3. The van der Waals surface area contributed by atoms with Gasteiger partial charge in [0.1, 0.15) is 0 Å². The normalized spacial score (nSPS) is 18.0. The predicted molar refractivity (Wildman–Crippen MR) is 127 cm³/mol. The van der Waals surface area contributed by atoms with E-state index in [9.17, 15) is 4.79 Å². The summed E-state index contributed by atoms with van der Waals surface area (Å²) in [6.07, 6.45) is 11.4. The molecule has 0 bridgehead atoms. The molecule has 0 aliphatic heterocycles. The molecule has 166 valence electrons. The van der Waals surface area contributed by atoms with Crippen LogP contribution in [0.4, 0.5) is 0 Å². The summed E-state index contributed by atoms with van der Waals surface area (Å²) in [5.74, 6) is 0.346. The van der Waals surface area contributed by atoms with Crippen molar-refractivity contribution in [2.45, 2.75) is 38.1 Å². The Hall–Kier alpha value is -2.89. The number of aryl methyl sites for hydroxylation is 2. The third-order valence-electron chi connectivity index (χ3n) is 7.03. The molecule has 5 rings (SSSR count). The van der Waals surface area contributed by atoms with Crippen LogP contribution in [0.5, 0.6) is 0 Å². The Morgan fingerprint density at radius 1 is 1.22 bits per heavy atom. The number of rotatable bonds is 8. The van der Waals surface area contributed by atoms with E-state index in [1.165, 1.54) is 53.1 Å². The number of nitrogens with one attached hydrogen (secondary N) is 1. The van der Waals surface area contributed by atoms with Gasteiger partial charge in [-0.2, -0.15) is 0 Å². The van der Waals surface area contributed by atoms with Crippen LogP contribution in [-0.4, -0.2) is 33.7 Å². The minimum atomic E-state index is -0.507. The van der Waals surface area contributed by atoms with Crippen molar-refractivity contribution in [3.05, 3.63) is 77.0 Å². The number of aromatic nitrogens is 1. The molecule has 1 amide bonds. The molecule has 1 heterocycles. The lowest BCUT2D eigenvalue weighted by molar-refractivity contribution is -0.124. The topological polar surface area (TPSA) is 57.5 Å². The first-order valence-corrected chi connectivity index (χ1v) is 11.6. The molecule has 1 fully saturated rings. The quantitative estimate of drug-likeness (QED) is 0.312. The van der Waals surface area contributed by atoms with Gasteiger partial charge in [0.15, 0.2) is 0 Å². The molecule has 3 aromatic rings. The maximum atomic E-state index is 11.3. The average molecular weight is 430 g/mol. The average Bonchev–Trinajstić information content (AvgIpc) is 3.45. The largest absolute Gasteiger partial charge is 0.350 e. The van der Waals surface area contributed by atoms with E-state index >= 15 is 0 Å². The Labute approximate surface area is 189 Å². The minimum Gasteiger partial charge on any atom is -0.350 e. The summed E-state index contributed by atoms with van der Waals surface area (Å²) in [5.41, 5.74) is 8.20. The highest BCUT2D eigenvalue weighted by molar-refractivity contribution is 5.90. The Kier molecular flexibility index (Phi) is 5.85. The number of nitrogens with zero attached hydrogens (tertiary/aromatic N) is 2. The summed E-state index contributed by atoms with van der Waals surface area (Å²) >= 11 is 0. The highest BCUT2D eigenvalue weighted by Gasteiger charge is 2.32. The van der Waals surface area contributed by atoms with Gasteiger partial charge in [-0.25, -0.2) is 5.48 Å². The molecule has 0 radical (unpaired) electrons. The number of hydrogen-bond donors (Lipinski definition) is 2. The number of carbonyl (C=O) groups excluding carboxylic acids is 1. The fourth-order valence-electron chi connectivity index (χ4n) is 5.20. The lowest BCUT2D eigenvalue weighted by atomic mass is 10.0. The number of fused-ring (bicyclic) bond motifs is 2. The molecule has 5 nitrogen and oxygen atoms in total. The van der Waals surface area contributed by atoms with Crippen LogP contribution in [0.25, 0.3) is 17.0 Å². The van der Waals surface area contributed by atoms with Gasteiger partial charge in [-0.05, 0) is 72.4 Å². The molecule has 2 N–H and O–H groups in total. The third-order valence-corrected chi connectivity index (χ3v) is 7.03. The van der Waals surface area contributed by atoms with Crippen molar-refractivity contribution >= 4 is 22.9 Å². The van der Waals surface area contributed by atoms with E-state index in [0.717, 1.165) is 37.3 Å². The van der Waals surface area contributed by atoms with Gasteiger partial charge in [0.25, 0.3) is 5.91 Å². The van der Waals surface area contributed by atoms with Crippen LogP contribution in [0.15, 0.2) is 54.7 Å². The molecule has 2 aliphatic rings. The highest BCUT2D eigenvalue weighted by atomic mass is 16.5. The Morgan fingerprint density at radius 2 is 2.06 bits per heavy atom. The summed E-state index contributed by atoms with van der Waals surface area (Å²) in [5, 5.41) is 10.0. The van der Waals surface area contributed by atoms with Crippen LogP contribution >= 0.6 is 0 Å². The van der Waals surface area contributed by atoms with Crippen LogP contribution in [0.2, 0.25) is 0 Å². The molecule has 1 aromatic heterocycles. The molecule has 1 unspecified atom stereocenters. The van der Waals surface area contributed by atoms with Crippen LogP contribution in [-0.2, 0) is 24.7 Å². The SMILES string of the molecule is Cn1cc(CCN(CC2CC2)C2CCc3cc(/C=C/C(=O)NO)ccc32)c2ccccc21. The van der Waals surface area contributed by atoms with Crippen molar-refractivity contribution in [2.24, 2.45) is 13.0 Å². The molecule has 32 heavy (non-hydrogen) atoms. The van der Waals surface area contributed by atoms with Gasteiger partial charge in [0.05, 0.1) is 0 Å². The second-order valence-corrected chi connectivity index (χ2v) is 9.29. The second kappa shape index (κ2) is 8.93. The van der Waals surface area contributed by atoms with E-state index in [1.807, 2.05) is 0 Å². The van der Waals surface area contributed by atoms with Crippen molar-refractivity contribution in [2.75, 3.05) is 13.1 Å². The van der Waals surface area contributed by atoms with E-state index in [2.05, 4.69) is 65.2 Å². The first-order valence-electron chi connectivity index (χ1n) is 11.6. The van der Waals surface area contributed by atoms with Gasteiger partial charge in [-0.15, -0.1) is 0 Å². The summed E-state index contributed by atoms with van der Waals surface area (Å²) < 4.78 is 2.24. The van der Waals surface area contributed by atoms with Gasteiger partial charge in [-0.1, -0.05) is 36.4 Å². The van der Waals surface area contributed by atoms with Crippen molar-refractivity contribution in [1.29, 1.82) is 0 Å². The van der Waals surface area contributed by atoms with Crippen LogP contribution in [0, 0.1) is 5.92 Å². The Bertz CT molecular complexity index is 1160. The van der Waals surface area contributed by atoms with Crippen LogP contribution < -0.4 is 5.48 Å². The molecule has 1 saturated carbocycles. The third kappa shape index (κ3) is 4.36. The molecule has 1 atom stereocenters. The van der Waals surface area contributed by atoms with Gasteiger partial charge < -0.3 is 4.57 Å². The molecule has 0 saturated heterocycles. The molecule has 2 aromatic carbocycles. The van der Waals surface area contributed by atoms with E-state index in [4.69, 9.17) is 5.21 Å². The van der Waals surface area contributed by atoms with Crippen molar-refractivity contribution < 1.29 is 10.0 Å². The number of benzene rings is 2. The van der Waals surface area contributed by atoms with Crippen LogP contribution in [0.1, 0.15) is 47.6 Å². The first kappa shape index (κ1) is 21.0. The summed E-state index contributed by atoms with van der Waals surface area (Å²) in [6, 6.07) is 15.7. The standard InChI is InChI=1S/C27H31N3O2/c1-29-18-22(23-4-2-3-5-25(23)29)14-15-30(17-20-6-7-20)26-12-10-21-16-19(8-11-24(21)26)9-13-27(31)28-32/h2-5,8-9,11,13,16,18,20,26,32H,6-7,10,12,14-15,17H2,1H3,(H,28,31)/b13-9+. The van der Waals surface area contributed by atoms with Gasteiger partial charge >= 0.3 is 0 Å². The molecule has 2 aliphatic carbocycles. The van der Waals surface area contributed by atoms with Gasteiger partial charge in [-0.3, -0.25) is 14.9 Å². The highest BCUT2D eigenvalue weighted by Crippen LogP contribution is 2.40. The number of hydroxylamine groups is 1.